The first-order valence-corrected chi connectivity index (χ1v) is 19.4. The Morgan fingerprint density at radius 3 is 1.56 bits per heavy atom. The minimum Gasteiger partial charge on any atom is -0.309 e. The fourth-order valence-corrected chi connectivity index (χ4v) is 10.0. The second-order valence-electron chi connectivity index (χ2n) is 16.3. The SMILES string of the molecule is CC1(C)c2ccccc2-c2c3c(c4c(c21)c1ccccc1n4-c1ccc(-c2cc(-c4ccccc4)cc(-c4ccccc4)n2)cc1)C(C)(C)c1ccccc1-3. The summed E-state index contributed by atoms with van der Waals surface area (Å²) < 4.78 is 2.56. The summed E-state index contributed by atoms with van der Waals surface area (Å²) >= 11 is 0. The molecule has 0 atom stereocenters. The van der Waals surface area contributed by atoms with Crippen LogP contribution in [0.2, 0.25) is 0 Å². The second kappa shape index (κ2) is 11.5. The number of aromatic nitrogens is 2. The normalized spacial score (nSPS) is 14.5. The minimum atomic E-state index is -0.206. The van der Waals surface area contributed by atoms with Crippen LogP contribution in [0.4, 0.5) is 0 Å². The van der Waals surface area contributed by atoms with Crippen molar-refractivity contribution in [2.45, 2.75) is 38.5 Å². The number of fused-ring (bicyclic) bond motifs is 12. The lowest BCUT2D eigenvalue weighted by atomic mass is 9.76. The Morgan fingerprint density at radius 1 is 0.436 bits per heavy atom. The molecule has 0 spiro atoms. The Balaban J connectivity index is 1.18. The molecule has 0 N–H and O–H groups in total. The van der Waals surface area contributed by atoms with Crippen LogP contribution >= 0.6 is 0 Å². The van der Waals surface area contributed by atoms with Gasteiger partial charge in [-0.2, -0.15) is 0 Å². The van der Waals surface area contributed by atoms with E-state index >= 15 is 0 Å². The molecule has 2 heteroatoms. The van der Waals surface area contributed by atoms with Gasteiger partial charge in [0.2, 0.25) is 0 Å². The van der Waals surface area contributed by atoms with E-state index in [9.17, 15) is 0 Å². The van der Waals surface area contributed by atoms with Crippen LogP contribution in [0.3, 0.4) is 0 Å². The molecular weight excluding hydrogens is 665 g/mol. The van der Waals surface area contributed by atoms with E-state index in [0.717, 1.165) is 33.8 Å². The standard InChI is InChI=1S/C53H40N2/c1-52(2)41-24-14-11-21-38(41)46-47-39-22-12-15-25-42(39)53(3,4)50(47)51-48(49(46)52)40-23-13-16-26-45(40)55(51)37-29-27-35(28-30-37)44-32-36(33-17-7-5-8-18-33)31-43(54-44)34-19-9-6-10-20-34/h5-32H,1-4H3. The first kappa shape index (κ1) is 32.0. The van der Waals surface area contributed by atoms with Crippen LogP contribution in [0.25, 0.3) is 83.4 Å². The fourth-order valence-electron chi connectivity index (χ4n) is 10.0. The smallest absolute Gasteiger partial charge is 0.0715 e. The predicted molar refractivity (Wildman–Crippen MR) is 230 cm³/mol. The van der Waals surface area contributed by atoms with E-state index in [4.69, 9.17) is 4.98 Å². The highest BCUT2D eigenvalue weighted by atomic mass is 15.0. The number of hydrogen-bond acceptors (Lipinski definition) is 1. The summed E-state index contributed by atoms with van der Waals surface area (Å²) in [6.45, 7) is 9.71. The Kier molecular flexibility index (Phi) is 6.68. The molecular formula is C53H40N2. The largest absolute Gasteiger partial charge is 0.309 e. The molecule has 2 heterocycles. The summed E-state index contributed by atoms with van der Waals surface area (Å²) in [5.41, 5.74) is 21.0. The van der Waals surface area contributed by atoms with E-state index in [1.807, 2.05) is 0 Å². The van der Waals surface area contributed by atoms with E-state index < -0.39 is 0 Å². The van der Waals surface area contributed by atoms with Crippen molar-refractivity contribution < 1.29 is 0 Å². The third kappa shape index (κ3) is 4.46. The summed E-state index contributed by atoms with van der Waals surface area (Å²) in [4.78, 5) is 5.25. The van der Waals surface area contributed by atoms with E-state index in [2.05, 4.69) is 202 Å². The average molecular weight is 705 g/mol. The molecule has 0 saturated heterocycles. The van der Waals surface area contributed by atoms with Gasteiger partial charge in [-0.3, -0.25) is 0 Å². The first-order chi connectivity index (χ1) is 26.8. The van der Waals surface area contributed by atoms with Crippen molar-refractivity contribution in [3.8, 4) is 61.6 Å². The lowest BCUT2D eigenvalue weighted by Gasteiger charge is -2.27. The molecule has 2 aliphatic carbocycles. The quantitative estimate of drug-likeness (QED) is 0.178. The van der Waals surface area contributed by atoms with Gasteiger partial charge in [0, 0.05) is 38.4 Å². The van der Waals surface area contributed by atoms with Crippen LogP contribution in [0.5, 0.6) is 0 Å². The predicted octanol–water partition coefficient (Wildman–Crippen LogP) is 13.8. The van der Waals surface area contributed by atoms with E-state index in [1.165, 1.54) is 71.9 Å². The third-order valence-electron chi connectivity index (χ3n) is 12.5. The lowest BCUT2D eigenvalue weighted by molar-refractivity contribution is 0.658. The van der Waals surface area contributed by atoms with Crippen LogP contribution in [-0.2, 0) is 10.8 Å². The molecule has 262 valence electrons. The van der Waals surface area contributed by atoms with Crippen LogP contribution < -0.4 is 0 Å². The second-order valence-corrected chi connectivity index (χ2v) is 16.3. The van der Waals surface area contributed by atoms with Crippen LogP contribution in [0.15, 0.2) is 170 Å². The average Bonchev–Trinajstić information content (AvgIpc) is 3.78. The maximum atomic E-state index is 5.25. The van der Waals surface area contributed by atoms with Crippen molar-refractivity contribution in [3.05, 3.63) is 192 Å². The molecule has 7 aromatic carbocycles. The molecule has 0 bridgehead atoms. The number of hydrogen-bond donors (Lipinski definition) is 0. The zero-order chi connectivity index (χ0) is 37.1. The number of nitrogens with zero attached hydrogens (tertiary/aromatic N) is 2. The summed E-state index contributed by atoms with van der Waals surface area (Å²) in [5, 5.41) is 2.68. The zero-order valence-electron chi connectivity index (χ0n) is 31.6. The highest BCUT2D eigenvalue weighted by Crippen LogP contribution is 2.63. The Labute approximate surface area is 322 Å². The Morgan fingerprint density at radius 2 is 0.927 bits per heavy atom. The van der Waals surface area contributed by atoms with Gasteiger partial charge < -0.3 is 4.57 Å². The van der Waals surface area contributed by atoms with Gasteiger partial charge in [-0.15, -0.1) is 0 Å². The Bertz CT molecular complexity index is 2940. The molecule has 0 aliphatic heterocycles. The molecule has 2 aromatic heterocycles. The topological polar surface area (TPSA) is 17.8 Å². The van der Waals surface area contributed by atoms with Crippen molar-refractivity contribution in [2.24, 2.45) is 0 Å². The third-order valence-corrected chi connectivity index (χ3v) is 12.5. The van der Waals surface area contributed by atoms with Crippen LogP contribution in [0, 0.1) is 0 Å². The first-order valence-electron chi connectivity index (χ1n) is 19.4. The van der Waals surface area contributed by atoms with Gasteiger partial charge in [0.05, 0.1) is 22.4 Å². The number of rotatable bonds is 4. The van der Waals surface area contributed by atoms with Gasteiger partial charge in [0.1, 0.15) is 0 Å². The molecule has 11 rings (SSSR count). The van der Waals surface area contributed by atoms with Gasteiger partial charge in [0.15, 0.2) is 0 Å². The van der Waals surface area contributed by atoms with Crippen molar-refractivity contribution in [1.29, 1.82) is 0 Å². The highest BCUT2D eigenvalue weighted by Gasteiger charge is 2.47. The molecule has 0 radical (unpaired) electrons. The minimum absolute atomic E-state index is 0.175. The number of benzene rings is 7. The fraction of sp³-hybridized carbons (Fsp3) is 0.113. The summed E-state index contributed by atoms with van der Waals surface area (Å²) in [7, 11) is 0. The van der Waals surface area contributed by atoms with Crippen molar-refractivity contribution in [2.75, 3.05) is 0 Å². The van der Waals surface area contributed by atoms with Gasteiger partial charge in [-0.1, -0.05) is 167 Å². The zero-order valence-corrected chi connectivity index (χ0v) is 31.6. The number of pyridine rings is 1. The number of para-hydroxylation sites is 1. The maximum Gasteiger partial charge on any atom is 0.0715 e. The maximum absolute atomic E-state index is 5.25. The van der Waals surface area contributed by atoms with Crippen molar-refractivity contribution >= 4 is 21.8 Å². The summed E-state index contributed by atoms with van der Waals surface area (Å²) in [5.74, 6) is 0. The lowest BCUT2D eigenvalue weighted by Crippen LogP contribution is -2.19. The molecule has 0 fully saturated rings. The Hall–Kier alpha value is -6.51. The monoisotopic (exact) mass is 704 g/mol. The van der Waals surface area contributed by atoms with Crippen LogP contribution in [0.1, 0.15) is 49.9 Å². The molecule has 0 amide bonds. The summed E-state index contributed by atoms with van der Waals surface area (Å²) in [6, 6.07) is 62.0. The van der Waals surface area contributed by atoms with Crippen molar-refractivity contribution in [3.63, 3.8) is 0 Å². The van der Waals surface area contributed by atoms with Gasteiger partial charge in [-0.05, 0) is 86.0 Å². The van der Waals surface area contributed by atoms with E-state index in [0.29, 0.717) is 0 Å². The van der Waals surface area contributed by atoms with Crippen LogP contribution in [-0.4, -0.2) is 9.55 Å². The highest BCUT2D eigenvalue weighted by molar-refractivity contribution is 6.20. The molecule has 2 nitrogen and oxygen atoms in total. The van der Waals surface area contributed by atoms with Gasteiger partial charge >= 0.3 is 0 Å². The molecule has 2 aliphatic rings. The molecule has 0 saturated carbocycles. The van der Waals surface area contributed by atoms with Crippen molar-refractivity contribution in [1.82, 2.24) is 9.55 Å². The molecule has 0 unspecified atom stereocenters. The molecule has 9 aromatic rings. The van der Waals surface area contributed by atoms with E-state index in [-0.39, 0.29) is 10.8 Å². The molecule has 55 heavy (non-hydrogen) atoms. The van der Waals surface area contributed by atoms with Gasteiger partial charge in [-0.25, -0.2) is 4.98 Å². The van der Waals surface area contributed by atoms with Gasteiger partial charge in [0.25, 0.3) is 0 Å². The van der Waals surface area contributed by atoms with E-state index in [1.54, 1.807) is 0 Å². The summed E-state index contributed by atoms with van der Waals surface area (Å²) in [6.07, 6.45) is 0.